The molecule has 0 amide bonds. The molecule has 86 valence electrons. The van der Waals surface area contributed by atoms with Gasteiger partial charge in [0.2, 0.25) is 0 Å². The summed E-state index contributed by atoms with van der Waals surface area (Å²) in [5, 5.41) is 17.7. The summed E-state index contributed by atoms with van der Waals surface area (Å²) in [5.74, 6) is 1.62. The Bertz CT molecular complexity index is 478. The Morgan fingerprint density at radius 3 is 2.81 bits per heavy atom. The maximum atomic E-state index is 9.03. The van der Waals surface area contributed by atoms with Gasteiger partial charge in [-0.2, -0.15) is 0 Å². The van der Waals surface area contributed by atoms with Crippen LogP contribution in [0.5, 0.6) is 0 Å². The summed E-state index contributed by atoms with van der Waals surface area (Å²) in [5.41, 5.74) is 0.806. The molecule has 1 N–H and O–H groups in total. The Morgan fingerprint density at radius 2 is 2.25 bits per heavy atom. The molecule has 0 aliphatic heterocycles. The maximum Gasteiger partial charge on any atom is 0.168 e. The van der Waals surface area contributed by atoms with Crippen molar-refractivity contribution >= 4 is 11.8 Å². The van der Waals surface area contributed by atoms with Crippen molar-refractivity contribution in [1.82, 2.24) is 24.3 Å². The van der Waals surface area contributed by atoms with Crippen molar-refractivity contribution in [3.05, 3.63) is 24.0 Å². The van der Waals surface area contributed by atoms with Gasteiger partial charge in [-0.25, -0.2) is 4.98 Å². The van der Waals surface area contributed by atoms with E-state index in [0.29, 0.717) is 5.75 Å². The zero-order chi connectivity index (χ0) is 11.5. The number of hydrogen-bond donors (Lipinski definition) is 1. The lowest BCUT2D eigenvalue weighted by atomic mass is 10.5. The van der Waals surface area contributed by atoms with Gasteiger partial charge >= 0.3 is 0 Å². The monoisotopic (exact) mass is 239 g/mol. The Kier molecular flexibility index (Phi) is 3.25. The normalized spacial score (nSPS) is 10.9. The lowest BCUT2D eigenvalue weighted by Crippen LogP contribution is -1.99. The van der Waals surface area contributed by atoms with Gasteiger partial charge in [0, 0.05) is 14.1 Å². The molecule has 6 nitrogen and oxygen atoms in total. The first-order valence-corrected chi connectivity index (χ1v) is 5.78. The maximum absolute atomic E-state index is 9.03. The quantitative estimate of drug-likeness (QED) is 0.779. The minimum Gasteiger partial charge on any atom is -0.390 e. The number of imidazole rings is 1. The molecule has 0 atom stereocenters. The van der Waals surface area contributed by atoms with Gasteiger partial charge in [-0.15, -0.1) is 10.2 Å². The molecule has 2 heterocycles. The largest absolute Gasteiger partial charge is 0.390 e. The third-order valence-corrected chi connectivity index (χ3v) is 3.38. The van der Waals surface area contributed by atoms with E-state index in [1.54, 1.807) is 24.3 Å². The van der Waals surface area contributed by atoms with Crippen LogP contribution in [0.3, 0.4) is 0 Å². The van der Waals surface area contributed by atoms with Crippen molar-refractivity contribution in [2.45, 2.75) is 17.5 Å². The molecule has 0 radical (unpaired) electrons. The molecule has 0 saturated heterocycles. The fourth-order valence-electron chi connectivity index (χ4n) is 1.27. The number of rotatable bonds is 4. The molecule has 0 aliphatic carbocycles. The standard InChI is InChI=1S/C9H13N5OS/c1-13-6-11-12-8(13)5-16-9-10-3-7(4-15)14(9)2/h3,6,15H,4-5H2,1-2H3. The summed E-state index contributed by atoms with van der Waals surface area (Å²) in [6.07, 6.45) is 3.35. The van der Waals surface area contributed by atoms with Gasteiger partial charge in [-0.1, -0.05) is 11.8 Å². The van der Waals surface area contributed by atoms with Gasteiger partial charge in [0.05, 0.1) is 24.3 Å². The fourth-order valence-corrected chi connectivity index (χ4v) is 2.23. The molecule has 0 unspecified atom stereocenters. The topological polar surface area (TPSA) is 68.8 Å². The van der Waals surface area contributed by atoms with Crippen LogP contribution in [0.2, 0.25) is 0 Å². The lowest BCUT2D eigenvalue weighted by Gasteiger charge is -2.03. The molecule has 0 aromatic carbocycles. The van der Waals surface area contributed by atoms with Gasteiger partial charge in [-0.3, -0.25) is 0 Å². The minimum atomic E-state index is 0.00796. The SMILES string of the molecule is Cn1cnnc1CSc1ncc(CO)n1C. The zero-order valence-corrected chi connectivity index (χ0v) is 9.98. The summed E-state index contributed by atoms with van der Waals surface area (Å²) in [4.78, 5) is 4.22. The molecule has 0 saturated carbocycles. The van der Waals surface area contributed by atoms with Crippen molar-refractivity contribution in [3.8, 4) is 0 Å². The smallest absolute Gasteiger partial charge is 0.168 e. The van der Waals surface area contributed by atoms with E-state index in [0.717, 1.165) is 16.7 Å². The Hall–Kier alpha value is -1.34. The van der Waals surface area contributed by atoms with E-state index in [-0.39, 0.29) is 6.61 Å². The number of thioether (sulfide) groups is 1. The highest BCUT2D eigenvalue weighted by molar-refractivity contribution is 7.98. The van der Waals surface area contributed by atoms with Crippen LogP contribution in [0.25, 0.3) is 0 Å². The highest BCUT2D eigenvalue weighted by Gasteiger charge is 2.08. The molecule has 2 aromatic heterocycles. The molecule has 2 aromatic rings. The highest BCUT2D eigenvalue weighted by Crippen LogP contribution is 2.20. The predicted molar refractivity (Wildman–Crippen MR) is 59.7 cm³/mol. The average Bonchev–Trinajstić information content (AvgIpc) is 2.83. The highest BCUT2D eigenvalue weighted by atomic mass is 32.2. The van der Waals surface area contributed by atoms with E-state index in [2.05, 4.69) is 15.2 Å². The molecule has 0 aliphatic rings. The van der Waals surface area contributed by atoms with Crippen LogP contribution in [0, 0.1) is 0 Å². The van der Waals surface area contributed by atoms with Crippen molar-refractivity contribution in [2.75, 3.05) is 0 Å². The third-order valence-electron chi connectivity index (χ3n) is 2.34. The minimum absolute atomic E-state index is 0.00796. The summed E-state index contributed by atoms with van der Waals surface area (Å²) in [6.45, 7) is 0.00796. The van der Waals surface area contributed by atoms with Gasteiger partial charge < -0.3 is 14.2 Å². The van der Waals surface area contributed by atoms with Crippen molar-refractivity contribution in [2.24, 2.45) is 14.1 Å². The van der Waals surface area contributed by atoms with Crippen LogP contribution in [-0.2, 0) is 26.5 Å². The molecule has 0 bridgehead atoms. The van der Waals surface area contributed by atoms with Crippen LogP contribution >= 0.6 is 11.8 Å². The van der Waals surface area contributed by atoms with Gasteiger partial charge in [0.25, 0.3) is 0 Å². The van der Waals surface area contributed by atoms with E-state index in [1.807, 2.05) is 23.2 Å². The zero-order valence-electron chi connectivity index (χ0n) is 9.16. The van der Waals surface area contributed by atoms with Crippen LogP contribution in [0.1, 0.15) is 11.5 Å². The van der Waals surface area contributed by atoms with E-state index < -0.39 is 0 Å². The summed E-state index contributed by atoms with van der Waals surface area (Å²) < 4.78 is 3.75. The lowest BCUT2D eigenvalue weighted by molar-refractivity contribution is 0.271. The van der Waals surface area contributed by atoms with Crippen LogP contribution in [0.15, 0.2) is 17.7 Å². The number of aryl methyl sites for hydroxylation is 1. The summed E-state index contributed by atoms with van der Waals surface area (Å²) in [7, 11) is 3.80. The van der Waals surface area contributed by atoms with Crippen LogP contribution in [0.4, 0.5) is 0 Å². The Morgan fingerprint density at radius 1 is 1.44 bits per heavy atom. The van der Waals surface area contributed by atoms with Gasteiger partial charge in [-0.05, 0) is 0 Å². The molecular formula is C9H13N5OS. The number of aliphatic hydroxyl groups is 1. The second-order valence-electron chi connectivity index (χ2n) is 3.40. The molecule has 7 heteroatoms. The van der Waals surface area contributed by atoms with Crippen molar-refractivity contribution in [3.63, 3.8) is 0 Å². The number of aliphatic hydroxyl groups excluding tert-OH is 1. The fraction of sp³-hybridized carbons (Fsp3) is 0.444. The molecule has 16 heavy (non-hydrogen) atoms. The first kappa shape index (κ1) is 11.2. The first-order valence-electron chi connectivity index (χ1n) is 4.79. The molecular weight excluding hydrogens is 226 g/mol. The van der Waals surface area contributed by atoms with Gasteiger partial charge in [0.15, 0.2) is 5.16 Å². The van der Waals surface area contributed by atoms with E-state index in [4.69, 9.17) is 5.11 Å². The number of nitrogens with zero attached hydrogens (tertiary/aromatic N) is 5. The van der Waals surface area contributed by atoms with Crippen LogP contribution < -0.4 is 0 Å². The number of aromatic nitrogens is 5. The predicted octanol–water partition coefficient (Wildman–Crippen LogP) is 0.333. The van der Waals surface area contributed by atoms with Gasteiger partial charge in [0.1, 0.15) is 12.2 Å². The second kappa shape index (κ2) is 4.67. The molecule has 0 fully saturated rings. The van der Waals surface area contributed by atoms with Crippen molar-refractivity contribution in [1.29, 1.82) is 0 Å². The first-order chi connectivity index (χ1) is 7.72. The second-order valence-corrected chi connectivity index (χ2v) is 4.34. The Balaban J connectivity index is 2.05. The van der Waals surface area contributed by atoms with Crippen LogP contribution in [-0.4, -0.2) is 29.4 Å². The Labute approximate surface area is 97.3 Å². The average molecular weight is 239 g/mol. The van der Waals surface area contributed by atoms with E-state index in [9.17, 15) is 0 Å². The van der Waals surface area contributed by atoms with Crippen molar-refractivity contribution < 1.29 is 5.11 Å². The number of hydrogen-bond acceptors (Lipinski definition) is 5. The van der Waals surface area contributed by atoms with E-state index >= 15 is 0 Å². The van der Waals surface area contributed by atoms with E-state index in [1.165, 1.54) is 0 Å². The summed E-state index contributed by atoms with van der Waals surface area (Å²) >= 11 is 1.57. The summed E-state index contributed by atoms with van der Waals surface area (Å²) in [6, 6.07) is 0. The molecule has 0 spiro atoms. The third kappa shape index (κ3) is 2.10. The molecule has 2 rings (SSSR count).